The van der Waals surface area contributed by atoms with Crippen LogP contribution in [0.5, 0.6) is 0 Å². The summed E-state index contributed by atoms with van der Waals surface area (Å²) in [5.41, 5.74) is 13.1. The van der Waals surface area contributed by atoms with Gasteiger partial charge >= 0.3 is 0 Å². The molecule has 31 heavy (non-hydrogen) atoms. The molecule has 3 rings (SSSR count). The minimum absolute atomic E-state index is 0.185. The van der Waals surface area contributed by atoms with Crippen LogP contribution in [0.3, 0.4) is 0 Å². The zero-order valence-corrected chi connectivity index (χ0v) is 20.0. The SMILES string of the molecule is CC.CC(C)c1cnn(-c2cc(F)cc(F)c2)c1.CP.NC(/C=C(\N)C1CC1)=NC=O. The van der Waals surface area contributed by atoms with Crippen molar-refractivity contribution in [2.24, 2.45) is 22.4 Å². The van der Waals surface area contributed by atoms with Crippen molar-refractivity contribution in [1.82, 2.24) is 9.78 Å². The predicted octanol–water partition coefficient (Wildman–Crippen LogP) is 4.54. The van der Waals surface area contributed by atoms with E-state index in [-0.39, 0.29) is 5.84 Å². The Morgan fingerprint density at radius 3 is 2.16 bits per heavy atom. The summed E-state index contributed by atoms with van der Waals surface area (Å²) >= 11 is 0. The summed E-state index contributed by atoms with van der Waals surface area (Å²) in [5.74, 6) is -0.208. The van der Waals surface area contributed by atoms with Crippen molar-refractivity contribution in [3.05, 3.63) is 59.6 Å². The van der Waals surface area contributed by atoms with Gasteiger partial charge in [-0.25, -0.2) is 13.5 Å². The Bertz CT molecular complexity index is 841. The zero-order valence-electron chi connectivity index (χ0n) is 18.8. The number of nitrogens with two attached hydrogens (primary N) is 2. The number of nitrogens with zero attached hydrogens (tertiary/aromatic N) is 3. The minimum Gasteiger partial charge on any atom is -0.402 e. The Balaban J connectivity index is 0.000000526. The average molecular weight is 454 g/mol. The zero-order chi connectivity index (χ0) is 24.0. The maximum atomic E-state index is 13.0. The lowest BCUT2D eigenvalue weighted by atomic mass is 10.1. The number of benzene rings is 1. The van der Waals surface area contributed by atoms with Gasteiger partial charge in [0.15, 0.2) is 0 Å². The molecule has 9 heteroatoms. The Labute approximate surface area is 186 Å². The predicted molar refractivity (Wildman–Crippen MR) is 127 cm³/mol. The van der Waals surface area contributed by atoms with Crippen molar-refractivity contribution in [2.45, 2.75) is 46.5 Å². The molecule has 0 saturated heterocycles. The monoisotopic (exact) mass is 453 g/mol. The first-order valence-corrected chi connectivity index (χ1v) is 11.3. The molecule has 1 aliphatic rings. The number of rotatable bonds is 5. The van der Waals surface area contributed by atoms with Crippen molar-refractivity contribution in [2.75, 3.05) is 6.66 Å². The molecule has 1 amide bonds. The van der Waals surface area contributed by atoms with Crippen molar-refractivity contribution >= 4 is 21.5 Å². The number of hydrogen-bond acceptors (Lipinski definition) is 3. The van der Waals surface area contributed by atoms with Crippen LogP contribution < -0.4 is 11.5 Å². The van der Waals surface area contributed by atoms with Gasteiger partial charge in [0.2, 0.25) is 6.41 Å². The second-order valence-electron chi connectivity index (χ2n) is 6.58. The number of aliphatic imine (C=N–C) groups is 1. The lowest BCUT2D eigenvalue weighted by Crippen LogP contribution is -2.12. The smallest absolute Gasteiger partial charge is 0.234 e. The molecular weight excluding hydrogens is 419 g/mol. The maximum Gasteiger partial charge on any atom is 0.234 e. The molecule has 1 aromatic heterocycles. The first-order chi connectivity index (χ1) is 14.8. The third-order valence-corrected chi connectivity index (χ3v) is 3.95. The summed E-state index contributed by atoms with van der Waals surface area (Å²) in [7, 11) is 2.42. The highest BCUT2D eigenvalue weighted by molar-refractivity contribution is 7.15. The van der Waals surface area contributed by atoms with Crippen LogP contribution in [0.2, 0.25) is 0 Å². The molecular formula is C22H34F2N5OP. The van der Waals surface area contributed by atoms with Gasteiger partial charge in [-0.2, -0.15) is 10.1 Å². The molecule has 1 fully saturated rings. The van der Waals surface area contributed by atoms with Crippen molar-refractivity contribution in [3.63, 3.8) is 0 Å². The number of aromatic nitrogens is 2. The number of allylic oxidation sites excluding steroid dienone is 1. The molecule has 1 aromatic carbocycles. The van der Waals surface area contributed by atoms with E-state index in [0.29, 0.717) is 23.9 Å². The van der Waals surface area contributed by atoms with Crippen molar-refractivity contribution in [1.29, 1.82) is 0 Å². The summed E-state index contributed by atoms with van der Waals surface area (Å²) in [6.07, 6.45) is 7.68. The van der Waals surface area contributed by atoms with Crippen LogP contribution in [-0.4, -0.2) is 28.7 Å². The molecule has 1 unspecified atom stereocenters. The van der Waals surface area contributed by atoms with Crippen LogP contribution in [0.15, 0.2) is 47.4 Å². The van der Waals surface area contributed by atoms with Gasteiger partial charge in [-0.05, 0) is 48.4 Å². The van der Waals surface area contributed by atoms with Crippen LogP contribution in [0.1, 0.15) is 52.0 Å². The van der Waals surface area contributed by atoms with E-state index < -0.39 is 11.6 Å². The van der Waals surface area contributed by atoms with E-state index >= 15 is 0 Å². The highest BCUT2D eigenvalue weighted by Crippen LogP contribution is 2.33. The van der Waals surface area contributed by atoms with Crippen LogP contribution in [-0.2, 0) is 4.79 Å². The Hall–Kier alpha value is -2.60. The highest BCUT2D eigenvalue weighted by atomic mass is 31.0. The number of hydrogen-bond donors (Lipinski definition) is 2. The number of amidine groups is 1. The fourth-order valence-electron chi connectivity index (χ4n) is 2.25. The van der Waals surface area contributed by atoms with Crippen LogP contribution in [0.4, 0.5) is 8.78 Å². The second kappa shape index (κ2) is 15.2. The van der Waals surface area contributed by atoms with Gasteiger partial charge in [-0.15, -0.1) is 9.24 Å². The molecule has 1 heterocycles. The van der Waals surface area contributed by atoms with E-state index in [1.807, 2.05) is 34.4 Å². The second-order valence-corrected chi connectivity index (χ2v) is 6.58. The van der Waals surface area contributed by atoms with Crippen molar-refractivity contribution in [3.8, 4) is 5.69 Å². The molecule has 172 valence electrons. The summed E-state index contributed by atoms with van der Waals surface area (Å²) in [6, 6.07) is 3.34. The van der Waals surface area contributed by atoms with Crippen molar-refractivity contribution < 1.29 is 13.6 Å². The van der Waals surface area contributed by atoms with Crippen LogP contribution >= 0.6 is 9.24 Å². The van der Waals surface area contributed by atoms with Gasteiger partial charge < -0.3 is 11.5 Å². The third kappa shape index (κ3) is 10.8. The molecule has 1 atom stereocenters. The van der Waals surface area contributed by atoms with E-state index in [1.165, 1.54) is 16.8 Å². The fraction of sp³-hybridized carbons (Fsp3) is 0.409. The molecule has 0 bridgehead atoms. The Kier molecular flexibility index (Phi) is 14.0. The maximum absolute atomic E-state index is 13.0. The number of halogens is 2. The minimum atomic E-state index is -0.600. The molecule has 0 spiro atoms. The van der Waals surface area contributed by atoms with E-state index in [4.69, 9.17) is 11.5 Å². The summed E-state index contributed by atoms with van der Waals surface area (Å²) < 4.78 is 27.5. The van der Waals surface area contributed by atoms with E-state index in [9.17, 15) is 13.6 Å². The van der Waals surface area contributed by atoms with E-state index in [1.54, 1.807) is 18.5 Å². The van der Waals surface area contributed by atoms with E-state index in [0.717, 1.165) is 30.2 Å². The van der Waals surface area contributed by atoms with E-state index in [2.05, 4.69) is 19.3 Å². The summed E-state index contributed by atoms with van der Waals surface area (Å²) in [4.78, 5) is 13.2. The quantitative estimate of drug-likeness (QED) is 0.300. The normalized spacial score (nSPS) is 13.2. The van der Waals surface area contributed by atoms with Gasteiger partial charge in [-0.3, -0.25) is 4.79 Å². The number of amides is 1. The third-order valence-electron chi connectivity index (χ3n) is 3.95. The molecule has 1 saturated carbocycles. The molecule has 0 aliphatic heterocycles. The van der Waals surface area contributed by atoms with Gasteiger partial charge in [0.25, 0.3) is 0 Å². The molecule has 0 radical (unpaired) electrons. The lowest BCUT2D eigenvalue weighted by molar-refractivity contribution is -0.106. The van der Waals surface area contributed by atoms with Gasteiger partial charge in [0, 0.05) is 18.0 Å². The number of carbonyl (C=O) groups excluding carboxylic acids is 1. The number of carbonyl (C=O) groups is 1. The van der Waals surface area contributed by atoms with Gasteiger partial charge in [0.05, 0.1) is 11.9 Å². The fourth-order valence-corrected chi connectivity index (χ4v) is 2.25. The summed E-state index contributed by atoms with van der Waals surface area (Å²) in [5, 5.41) is 4.07. The highest BCUT2D eigenvalue weighted by Gasteiger charge is 2.23. The standard InChI is InChI=1S/C12H12F2N2.C7H11N3O.C2H6.CH5P/c1-8(2)9-6-15-16(7-9)12-4-10(13)3-11(14)5-12;8-6(5-1-2-5)3-7(9)10-4-11;2*1-2/h3-8H,1-2H3;3-5H,1-2,8H2,(H2,9,10,11);1-2H3;2H2,1H3/b;6-3-;;. The topological polar surface area (TPSA) is 99.3 Å². The van der Waals surface area contributed by atoms with Crippen LogP contribution in [0, 0.1) is 17.6 Å². The Morgan fingerprint density at radius 2 is 1.74 bits per heavy atom. The first kappa shape index (κ1) is 28.4. The lowest BCUT2D eigenvalue weighted by Gasteiger charge is -2.02. The average Bonchev–Trinajstić information content (AvgIpc) is 3.47. The molecule has 1 aliphatic carbocycles. The molecule has 6 nitrogen and oxygen atoms in total. The largest absolute Gasteiger partial charge is 0.402 e. The van der Waals surface area contributed by atoms with Crippen LogP contribution in [0.25, 0.3) is 5.69 Å². The molecule has 2 aromatic rings. The Morgan fingerprint density at radius 1 is 1.19 bits per heavy atom. The first-order valence-electron chi connectivity index (χ1n) is 10.1. The summed E-state index contributed by atoms with van der Waals surface area (Å²) in [6.45, 7) is 9.99. The van der Waals surface area contributed by atoms with Gasteiger partial charge in [-0.1, -0.05) is 34.4 Å². The van der Waals surface area contributed by atoms with Gasteiger partial charge in [0.1, 0.15) is 17.5 Å². The molecule has 4 N–H and O–H groups in total.